The summed E-state index contributed by atoms with van der Waals surface area (Å²) in [6.07, 6.45) is 2.12. The number of hydrogen-bond acceptors (Lipinski definition) is 6. The highest BCUT2D eigenvalue weighted by molar-refractivity contribution is 7.14. The molecule has 174 valence electrons. The third-order valence-corrected chi connectivity index (χ3v) is 6.10. The minimum Gasteiger partial charge on any atom is -0.497 e. The van der Waals surface area contributed by atoms with Gasteiger partial charge in [0.15, 0.2) is 5.13 Å². The molecule has 33 heavy (non-hydrogen) atoms. The molecule has 7 nitrogen and oxygen atoms in total. The molecule has 1 N–H and O–H groups in total. The Morgan fingerprint density at radius 2 is 1.91 bits per heavy atom. The molecule has 0 saturated carbocycles. The van der Waals surface area contributed by atoms with E-state index < -0.39 is 5.97 Å². The lowest BCUT2D eigenvalue weighted by Crippen LogP contribution is -2.31. The number of aromatic nitrogens is 1. The lowest BCUT2D eigenvalue weighted by molar-refractivity contribution is -0.137. The van der Waals surface area contributed by atoms with E-state index in [1.165, 1.54) is 11.9 Å². The number of carbonyl (C=O) groups excluding carboxylic acids is 1. The van der Waals surface area contributed by atoms with Crippen molar-refractivity contribution in [1.29, 1.82) is 0 Å². The van der Waals surface area contributed by atoms with E-state index in [9.17, 15) is 9.59 Å². The molecular weight excluding hydrogens is 438 g/mol. The minimum atomic E-state index is -1.04. The fourth-order valence-corrected chi connectivity index (χ4v) is 4.25. The summed E-state index contributed by atoms with van der Waals surface area (Å²) in [6.45, 7) is 3.38. The number of ether oxygens (including phenoxy) is 1. The number of hydrogen-bond donors (Lipinski definition) is 1. The van der Waals surface area contributed by atoms with Crippen LogP contribution >= 0.6 is 11.3 Å². The minimum absolute atomic E-state index is 0.311. The second-order valence-electron chi connectivity index (χ2n) is 7.77. The smallest absolute Gasteiger partial charge is 0.323 e. The molecule has 0 fully saturated rings. The molecule has 0 radical (unpaired) electrons. The van der Waals surface area contributed by atoms with Gasteiger partial charge in [-0.15, -0.1) is 11.3 Å². The summed E-state index contributed by atoms with van der Waals surface area (Å²) >= 11 is 1.61. The van der Waals surface area contributed by atoms with Gasteiger partial charge in [0, 0.05) is 36.6 Å². The molecule has 0 atom stereocenters. The van der Waals surface area contributed by atoms with E-state index in [0.717, 1.165) is 47.1 Å². The number of nitrogens with zero attached hydrogens (tertiary/aromatic N) is 3. The van der Waals surface area contributed by atoms with Crippen LogP contribution in [0.1, 0.15) is 35.7 Å². The second-order valence-corrected chi connectivity index (χ2v) is 8.61. The number of methoxy groups -OCH3 is 1. The Balaban J connectivity index is 1.75. The van der Waals surface area contributed by atoms with Gasteiger partial charge in [0.2, 0.25) is 0 Å². The number of benzene rings is 2. The highest BCUT2D eigenvalue weighted by Gasteiger charge is 2.16. The highest BCUT2D eigenvalue weighted by Crippen LogP contribution is 2.30. The maximum atomic E-state index is 12.4. The number of carboxylic acids is 1. The van der Waals surface area contributed by atoms with Crippen LogP contribution in [0.4, 0.5) is 5.13 Å². The third-order valence-electron chi connectivity index (χ3n) is 5.20. The van der Waals surface area contributed by atoms with Crippen LogP contribution in [0.15, 0.2) is 53.9 Å². The average Bonchev–Trinajstić information content (AvgIpc) is 3.31. The van der Waals surface area contributed by atoms with E-state index in [-0.39, 0.29) is 12.5 Å². The molecule has 0 aliphatic carbocycles. The van der Waals surface area contributed by atoms with Crippen LogP contribution in [-0.2, 0) is 11.3 Å². The summed E-state index contributed by atoms with van der Waals surface area (Å²) in [5.74, 6) is -0.547. The van der Waals surface area contributed by atoms with E-state index >= 15 is 0 Å². The number of anilines is 1. The zero-order chi connectivity index (χ0) is 23.8. The Bertz CT molecular complexity index is 1080. The Labute approximate surface area is 198 Å². The molecule has 1 heterocycles. The Hall–Kier alpha value is -3.39. The van der Waals surface area contributed by atoms with Crippen LogP contribution in [0.5, 0.6) is 5.75 Å². The van der Waals surface area contributed by atoms with Crippen LogP contribution in [0.25, 0.3) is 11.3 Å². The van der Waals surface area contributed by atoms with Crippen molar-refractivity contribution < 1.29 is 19.4 Å². The quantitative estimate of drug-likeness (QED) is 0.437. The van der Waals surface area contributed by atoms with Crippen molar-refractivity contribution in [3.8, 4) is 17.0 Å². The normalized spacial score (nSPS) is 10.6. The summed E-state index contributed by atoms with van der Waals surface area (Å²) in [7, 11) is 3.14. The number of carboxylic acid groups (broad SMARTS) is 1. The number of aliphatic carboxylic acids is 1. The van der Waals surface area contributed by atoms with E-state index in [1.807, 2.05) is 36.4 Å². The molecule has 3 rings (SSSR count). The van der Waals surface area contributed by atoms with E-state index in [1.54, 1.807) is 30.6 Å². The van der Waals surface area contributed by atoms with Crippen molar-refractivity contribution in [2.24, 2.45) is 0 Å². The lowest BCUT2D eigenvalue weighted by Gasteiger charge is -2.22. The van der Waals surface area contributed by atoms with Gasteiger partial charge in [-0.2, -0.15) is 0 Å². The fraction of sp³-hybridized carbons (Fsp3) is 0.320. The number of amides is 1. The van der Waals surface area contributed by atoms with Gasteiger partial charge in [0.25, 0.3) is 5.91 Å². The maximum absolute atomic E-state index is 12.4. The summed E-state index contributed by atoms with van der Waals surface area (Å²) in [4.78, 5) is 31.6. The third kappa shape index (κ3) is 6.55. The highest BCUT2D eigenvalue weighted by atomic mass is 32.1. The number of rotatable bonds is 11. The van der Waals surface area contributed by atoms with Gasteiger partial charge < -0.3 is 19.6 Å². The SMILES string of the molecule is CCCCN(Cc1ccc(C(=O)N(C)CC(=O)O)cc1)c1nc(-c2cccc(OC)c2)cs1. The predicted molar refractivity (Wildman–Crippen MR) is 131 cm³/mol. The summed E-state index contributed by atoms with van der Waals surface area (Å²) in [5.41, 5.74) is 3.46. The standard InChI is InChI=1S/C25H29N3O4S/c1-4-5-13-28(25-26-22(17-33-25)20-7-6-8-21(14-20)32-3)15-18-9-11-19(12-10-18)24(31)27(2)16-23(29)30/h6-12,14,17H,4-5,13,15-16H2,1-3H3,(H,29,30). The monoisotopic (exact) mass is 467 g/mol. The van der Waals surface area contributed by atoms with Gasteiger partial charge in [-0.25, -0.2) is 4.98 Å². The molecule has 3 aromatic rings. The summed E-state index contributed by atoms with van der Waals surface area (Å²) in [6, 6.07) is 15.2. The van der Waals surface area contributed by atoms with Crippen LogP contribution in [-0.4, -0.2) is 54.1 Å². The molecule has 0 unspecified atom stereocenters. The predicted octanol–water partition coefficient (Wildman–Crippen LogP) is 4.78. The van der Waals surface area contributed by atoms with Gasteiger partial charge in [0.1, 0.15) is 12.3 Å². The van der Waals surface area contributed by atoms with Crippen molar-refractivity contribution in [2.75, 3.05) is 32.1 Å². The fourth-order valence-electron chi connectivity index (χ4n) is 3.38. The molecule has 0 spiro atoms. The first kappa shape index (κ1) is 24.3. The average molecular weight is 468 g/mol. The molecule has 0 aliphatic rings. The molecule has 0 bridgehead atoms. The van der Waals surface area contributed by atoms with Crippen LogP contribution in [0, 0.1) is 0 Å². The number of carbonyl (C=O) groups is 2. The Kier molecular flexibility index (Phi) is 8.43. The largest absolute Gasteiger partial charge is 0.497 e. The van der Waals surface area contributed by atoms with Crippen LogP contribution in [0.2, 0.25) is 0 Å². The number of thiazole rings is 1. The van der Waals surface area contributed by atoms with E-state index in [2.05, 4.69) is 17.2 Å². The molecule has 2 aromatic carbocycles. The molecule has 0 saturated heterocycles. The van der Waals surface area contributed by atoms with Gasteiger partial charge in [-0.05, 0) is 36.2 Å². The molecule has 0 aliphatic heterocycles. The van der Waals surface area contributed by atoms with E-state index in [0.29, 0.717) is 12.1 Å². The molecule has 8 heteroatoms. The van der Waals surface area contributed by atoms with E-state index in [4.69, 9.17) is 14.8 Å². The van der Waals surface area contributed by atoms with Crippen LogP contribution < -0.4 is 9.64 Å². The van der Waals surface area contributed by atoms with Crippen molar-refractivity contribution in [2.45, 2.75) is 26.3 Å². The summed E-state index contributed by atoms with van der Waals surface area (Å²) < 4.78 is 5.33. The van der Waals surface area contributed by atoms with Crippen molar-refractivity contribution in [3.63, 3.8) is 0 Å². The van der Waals surface area contributed by atoms with Crippen LogP contribution in [0.3, 0.4) is 0 Å². The van der Waals surface area contributed by atoms with Gasteiger partial charge in [0.05, 0.1) is 12.8 Å². The van der Waals surface area contributed by atoms with Gasteiger partial charge in [-0.3, -0.25) is 9.59 Å². The lowest BCUT2D eigenvalue weighted by atomic mass is 10.1. The first-order valence-corrected chi connectivity index (χ1v) is 11.7. The van der Waals surface area contributed by atoms with Gasteiger partial charge in [-0.1, -0.05) is 37.6 Å². The summed E-state index contributed by atoms with van der Waals surface area (Å²) in [5, 5.41) is 11.9. The Morgan fingerprint density at radius 3 is 2.58 bits per heavy atom. The second kappa shape index (κ2) is 11.5. The molecule has 1 amide bonds. The topological polar surface area (TPSA) is 83.0 Å². The molecule has 1 aromatic heterocycles. The first-order chi connectivity index (χ1) is 15.9. The Morgan fingerprint density at radius 1 is 1.15 bits per heavy atom. The molecular formula is C25H29N3O4S. The van der Waals surface area contributed by atoms with Crippen molar-refractivity contribution in [3.05, 3.63) is 65.0 Å². The van der Waals surface area contributed by atoms with Gasteiger partial charge >= 0.3 is 5.97 Å². The first-order valence-electron chi connectivity index (χ1n) is 10.8. The number of unbranched alkanes of at least 4 members (excludes halogenated alkanes) is 1. The zero-order valence-electron chi connectivity index (χ0n) is 19.2. The maximum Gasteiger partial charge on any atom is 0.323 e. The van der Waals surface area contributed by atoms with Crippen molar-refractivity contribution >= 4 is 28.3 Å². The van der Waals surface area contributed by atoms with Crippen molar-refractivity contribution in [1.82, 2.24) is 9.88 Å². The zero-order valence-corrected chi connectivity index (χ0v) is 20.0. The number of likely N-dealkylation sites (N-methyl/N-ethyl adjacent to an activating group) is 1.